The van der Waals surface area contributed by atoms with Gasteiger partial charge in [0.1, 0.15) is 0 Å². The van der Waals surface area contributed by atoms with Gasteiger partial charge in [0.2, 0.25) is 0 Å². The van der Waals surface area contributed by atoms with Crippen LogP contribution in [0.2, 0.25) is 0 Å². The fourth-order valence-corrected chi connectivity index (χ4v) is 5.62. The van der Waals surface area contributed by atoms with Crippen molar-refractivity contribution in [1.82, 2.24) is 9.80 Å². The number of piperidine rings is 1. The van der Waals surface area contributed by atoms with E-state index in [1.165, 1.54) is 24.0 Å². The van der Waals surface area contributed by atoms with E-state index < -0.39 is 6.10 Å². The van der Waals surface area contributed by atoms with Gasteiger partial charge in [-0.3, -0.25) is 9.80 Å². The van der Waals surface area contributed by atoms with Crippen molar-refractivity contribution in [3.05, 3.63) is 108 Å². The summed E-state index contributed by atoms with van der Waals surface area (Å²) in [7, 11) is 0. The van der Waals surface area contributed by atoms with Gasteiger partial charge in [0, 0.05) is 44.2 Å². The lowest BCUT2D eigenvalue weighted by Gasteiger charge is -2.51. The number of piperazine rings is 1. The highest BCUT2D eigenvalue weighted by Gasteiger charge is 2.40. The molecule has 2 aliphatic heterocycles. The summed E-state index contributed by atoms with van der Waals surface area (Å²) in [5.74, 6) is 0.407. The second-order valence-electron chi connectivity index (χ2n) is 9.01. The van der Waals surface area contributed by atoms with E-state index in [1.54, 1.807) is 0 Å². The number of hydrogen-bond acceptors (Lipinski definition) is 3. The standard InChI is InChI=1S/C28H32N2O/c31-27(22-10-4-1-5-11-22)21-29-18-19-30-20-25(29)16-17-26(30)28(23-12-6-2-7-13-23)24-14-8-3-9-15-24/h1-15,25-28,31H,16-21H2/t25-,26-,27+/m0/s1. The number of benzene rings is 3. The second-order valence-corrected chi connectivity index (χ2v) is 9.01. The van der Waals surface area contributed by atoms with Crippen molar-refractivity contribution in [1.29, 1.82) is 0 Å². The maximum absolute atomic E-state index is 10.8. The molecule has 31 heavy (non-hydrogen) atoms. The lowest BCUT2D eigenvalue weighted by Crippen LogP contribution is -2.61. The van der Waals surface area contributed by atoms with E-state index in [0.29, 0.717) is 18.0 Å². The van der Waals surface area contributed by atoms with E-state index in [2.05, 4.69) is 70.5 Å². The molecule has 2 saturated heterocycles. The first-order valence-corrected chi connectivity index (χ1v) is 11.6. The predicted octanol–water partition coefficient (Wildman–Crippen LogP) is 4.70. The van der Waals surface area contributed by atoms with Crippen molar-refractivity contribution >= 4 is 0 Å². The molecule has 1 N–H and O–H groups in total. The van der Waals surface area contributed by atoms with Crippen LogP contribution in [0.4, 0.5) is 0 Å². The Bertz CT molecular complexity index is 907. The van der Waals surface area contributed by atoms with Crippen LogP contribution >= 0.6 is 0 Å². The normalized spacial score (nSPS) is 24.8. The molecule has 3 aromatic rings. The first-order chi connectivity index (χ1) is 15.3. The molecule has 2 aliphatic rings. The molecule has 2 bridgehead atoms. The second kappa shape index (κ2) is 9.35. The molecule has 160 valence electrons. The summed E-state index contributed by atoms with van der Waals surface area (Å²) >= 11 is 0. The van der Waals surface area contributed by atoms with Crippen molar-refractivity contribution in [2.45, 2.75) is 36.9 Å². The Labute approximate surface area is 185 Å². The monoisotopic (exact) mass is 412 g/mol. The van der Waals surface area contributed by atoms with Gasteiger partial charge < -0.3 is 5.11 Å². The highest BCUT2D eigenvalue weighted by molar-refractivity contribution is 5.35. The number of rotatable bonds is 6. The molecular formula is C28H32N2O. The molecule has 2 heterocycles. The predicted molar refractivity (Wildman–Crippen MR) is 126 cm³/mol. The molecule has 3 aromatic carbocycles. The van der Waals surface area contributed by atoms with Gasteiger partial charge >= 0.3 is 0 Å². The van der Waals surface area contributed by atoms with Crippen molar-refractivity contribution in [2.24, 2.45) is 0 Å². The molecule has 0 aliphatic carbocycles. The van der Waals surface area contributed by atoms with Crippen LogP contribution in [-0.4, -0.2) is 53.2 Å². The van der Waals surface area contributed by atoms with Gasteiger partial charge in [-0.25, -0.2) is 0 Å². The molecule has 0 amide bonds. The van der Waals surface area contributed by atoms with Crippen LogP contribution in [0.25, 0.3) is 0 Å². The number of fused-ring (bicyclic) bond motifs is 2. The molecule has 1 unspecified atom stereocenters. The lowest BCUT2D eigenvalue weighted by atomic mass is 9.79. The smallest absolute Gasteiger partial charge is 0.0917 e. The highest BCUT2D eigenvalue weighted by atomic mass is 16.3. The van der Waals surface area contributed by atoms with Gasteiger partial charge in [-0.15, -0.1) is 0 Å². The first-order valence-electron chi connectivity index (χ1n) is 11.6. The van der Waals surface area contributed by atoms with Crippen molar-refractivity contribution in [3.8, 4) is 0 Å². The maximum atomic E-state index is 10.8. The summed E-state index contributed by atoms with van der Waals surface area (Å²) in [6.07, 6.45) is 1.97. The number of hydrogen-bond donors (Lipinski definition) is 1. The molecular weight excluding hydrogens is 380 g/mol. The Morgan fingerprint density at radius 1 is 0.710 bits per heavy atom. The SMILES string of the molecule is O[C@H](CN1CCN2C[C@@H]1CC[C@H]2C(c1ccccc1)c1ccccc1)c1ccccc1. The van der Waals surface area contributed by atoms with Crippen molar-refractivity contribution in [3.63, 3.8) is 0 Å². The molecule has 0 radical (unpaired) electrons. The summed E-state index contributed by atoms with van der Waals surface area (Å²) in [5.41, 5.74) is 3.85. The van der Waals surface area contributed by atoms with Gasteiger partial charge in [0.15, 0.2) is 0 Å². The number of aliphatic hydroxyl groups excluding tert-OH is 1. The zero-order chi connectivity index (χ0) is 21.0. The summed E-state index contributed by atoms with van der Waals surface area (Å²) in [4.78, 5) is 5.23. The molecule has 3 nitrogen and oxygen atoms in total. The van der Waals surface area contributed by atoms with Gasteiger partial charge in [-0.05, 0) is 29.5 Å². The highest BCUT2D eigenvalue weighted by Crippen LogP contribution is 2.38. The van der Waals surface area contributed by atoms with Crippen LogP contribution < -0.4 is 0 Å². The quantitative estimate of drug-likeness (QED) is 0.636. The molecule has 3 heteroatoms. The van der Waals surface area contributed by atoms with Gasteiger partial charge in [-0.2, -0.15) is 0 Å². The average Bonchev–Trinajstić information content (AvgIpc) is 2.84. The van der Waals surface area contributed by atoms with E-state index in [9.17, 15) is 5.11 Å². The van der Waals surface area contributed by atoms with Gasteiger partial charge in [0.25, 0.3) is 0 Å². The molecule has 0 aromatic heterocycles. The van der Waals surface area contributed by atoms with E-state index in [0.717, 1.165) is 31.7 Å². The van der Waals surface area contributed by atoms with E-state index in [-0.39, 0.29) is 0 Å². The average molecular weight is 413 g/mol. The van der Waals surface area contributed by atoms with Gasteiger partial charge in [0.05, 0.1) is 6.10 Å². The zero-order valence-electron chi connectivity index (χ0n) is 18.1. The zero-order valence-corrected chi connectivity index (χ0v) is 18.1. The third-order valence-electron chi connectivity index (χ3n) is 7.19. The molecule has 0 spiro atoms. The van der Waals surface area contributed by atoms with Crippen LogP contribution in [-0.2, 0) is 0 Å². The van der Waals surface area contributed by atoms with Crippen LogP contribution in [0.1, 0.15) is 41.6 Å². The Morgan fingerprint density at radius 2 is 1.26 bits per heavy atom. The molecule has 5 rings (SSSR count). The minimum Gasteiger partial charge on any atom is -0.387 e. The molecule has 4 atom stereocenters. The topological polar surface area (TPSA) is 26.7 Å². The lowest BCUT2D eigenvalue weighted by molar-refractivity contribution is -0.0195. The van der Waals surface area contributed by atoms with E-state index >= 15 is 0 Å². The minimum absolute atomic E-state index is 0.407. The van der Waals surface area contributed by atoms with Crippen LogP contribution in [0.15, 0.2) is 91.0 Å². The number of nitrogens with zero attached hydrogens (tertiary/aromatic N) is 2. The Morgan fingerprint density at radius 3 is 1.84 bits per heavy atom. The van der Waals surface area contributed by atoms with Crippen LogP contribution in [0, 0.1) is 0 Å². The van der Waals surface area contributed by atoms with Gasteiger partial charge in [-0.1, -0.05) is 91.0 Å². The van der Waals surface area contributed by atoms with Crippen molar-refractivity contribution < 1.29 is 5.11 Å². The Hall–Kier alpha value is -2.46. The molecule has 2 fully saturated rings. The summed E-state index contributed by atoms with van der Waals surface area (Å²) in [5, 5.41) is 10.8. The Balaban J connectivity index is 1.32. The first kappa shape index (κ1) is 20.4. The fraction of sp³-hybridized carbons (Fsp3) is 0.357. The minimum atomic E-state index is -0.410. The van der Waals surface area contributed by atoms with E-state index in [4.69, 9.17) is 0 Å². The third kappa shape index (κ3) is 4.45. The summed E-state index contributed by atoms with van der Waals surface area (Å²) in [6.45, 7) is 3.93. The molecule has 0 saturated carbocycles. The maximum Gasteiger partial charge on any atom is 0.0917 e. The van der Waals surface area contributed by atoms with Crippen molar-refractivity contribution in [2.75, 3.05) is 26.2 Å². The third-order valence-corrected chi connectivity index (χ3v) is 7.19. The van der Waals surface area contributed by atoms with Crippen LogP contribution in [0.5, 0.6) is 0 Å². The largest absolute Gasteiger partial charge is 0.387 e. The van der Waals surface area contributed by atoms with Crippen LogP contribution in [0.3, 0.4) is 0 Å². The van der Waals surface area contributed by atoms with E-state index in [1.807, 2.05) is 30.3 Å². The number of aliphatic hydroxyl groups is 1. The summed E-state index contributed by atoms with van der Waals surface area (Å²) in [6, 6.07) is 33.2. The Kier molecular flexibility index (Phi) is 6.17. The number of β-amino-alcohol motifs (C(OH)–C–C–N with tert-alkyl or cyclic N) is 1. The fourth-order valence-electron chi connectivity index (χ4n) is 5.62. The summed E-state index contributed by atoms with van der Waals surface area (Å²) < 4.78 is 0.